The summed E-state index contributed by atoms with van der Waals surface area (Å²) in [5.74, 6) is -1.60. The van der Waals surface area contributed by atoms with E-state index in [0.29, 0.717) is 21.3 Å². The van der Waals surface area contributed by atoms with Crippen LogP contribution in [0.2, 0.25) is 5.94 Å². The highest BCUT2D eigenvalue weighted by molar-refractivity contribution is 7.16. The van der Waals surface area contributed by atoms with E-state index < -0.39 is 126 Å². The Morgan fingerprint density at radius 3 is 0.943 bits per heavy atom. The molecule has 374 valence electrons. The largest absolute Gasteiger partial charge is 0.464 e. The Hall–Kier alpha value is -5.91. The van der Waals surface area contributed by atoms with E-state index in [0.717, 1.165) is 0 Å². The van der Waals surface area contributed by atoms with Gasteiger partial charge in [-0.1, -0.05) is 78.7 Å². The minimum absolute atomic E-state index is 0.240. The van der Waals surface area contributed by atoms with E-state index in [9.17, 15) is 79.0 Å². The molecule has 5 aromatic carbocycles. The quantitative estimate of drug-likeness (QED) is 0.0793. The van der Waals surface area contributed by atoms with E-state index in [2.05, 4.69) is 91.4 Å². The number of benzene rings is 5. The van der Waals surface area contributed by atoms with Gasteiger partial charge in [-0.05, 0) is 42.5 Å². The van der Waals surface area contributed by atoms with Crippen LogP contribution in [-0.2, 0) is 50.3 Å². The molecule has 3 nitrogen and oxygen atoms in total. The van der Waals surface area contributed by atoms with Crippen molar-refractivity contribution in [1.29, 1.82) is 0 Å². The molecule has 1 aliphatic carbocycles. The Morgan fingerprint density at radius 1 is 0.429 bits per heavy atom. The second-order valence-corrected chi connectivity index (χ2v) is 18.5. The zero-order valence-electron chi connectivity index (χ0n) is 36.2. The lowest BCUT2D eigenvalue weighted by atomic mass is 9.16. The summed E-state index contributed by atoms with van der Waals surface area (Å²) >= 11 is 0. The summed E-state index contributed by atoms with van der Waals surface area (Å²) in [6.45, 7) is 0. The maximum Gasteiger partial charge on any atom is 0.464 e. The maximum absolute atomic E-state index is 14.1. The van der Waals surface area contributed by atoms with E-state index >= 15 is 0 Å². The van der Waals surface area contributed by atoms with Gasteiger partial charge in [0.05, 0.1) is 45.1 Å². The number of rotatable bonds is 10. The zero-order valence-corrected chi connectivity index (χ0v) is 37.2. The van der Waals surface area contributed by atoms with Crippen LogP contribution >= 0.6 is 0 Å². The van der Waals surface area contributed by atoms with Gasteiger partial charge in [-0.3, -0.25) is 0 Å². The first-order valence-corrected chi connectivity index (χ1v) is 22.0. The highest BCUT2D eigenvalue weighted by Crippen LogP contribution is 2.41. The summed E-state index contributed by atoms with van der Waals surface area (Å²) in [5.41, 5.74) is -13.4. The van der Waals surface area contributed by atoms with Crippen molar-refractivity contribution in [1.82, 2.24) is 0 Å². The van der Waals surface area contributed by atoms with Gasteiger partial charge in [0.15, 0.2) is 0 Å². The van der Waals surface area contributed by atoms with Crippen LogP contribution in [0.15, 0.2) is 145 Å². The molecule has 5 aromatic rings. The average molecular weight is 1030 g/mol. The summed E-state index contributed by atoms with van der Waals surface area (Å²) in [6, 6.07) is 18.1. The first-order valence-electron chi connectivity index (χ1n) is 20.0. The normalized spacial score (nSPS) is 14.0. The van der Waals surface area contributed by atoms with Crippen molar-refractivity contribution in [2.75, 3.05) is 21.3 Å². The second kappa shape index (κ2) is 20.4. The Kier molecular flexibility index (Phi) is 16.1. The third-order valence-electron chi connectivity index (χ3n) is 11.2. The van der Waals surface area contributed by atoms with Gasteiger partial charge < -0.3 is 13.3 Å². The lowest BCUT2D eigenvalue weighted by Gasteiger charge is -2.47. The van der Waals surface area contributed by atoms with E-state index in [1.165, 1.54) is 22.3 Å². The van der Waals surface area contributed by atoms with E-state index in [-0.39, 0.29) is 36.4 Å². The first kappa shape index (κ1) is 55.0. The van der Waals surface area contributed by atoms with Crippen LogP contribution in [-0.4, -0.2) is 36.3 Å². The molecule has 0 spiro atoms. The van der Waals surface area contributed by atoms with Gasteiger partial charge in [-0.25, -0.2) is 0 Å². The molecular weight excluding hydrogens is 993 g/mol. The zero-order chi connectivity index (χ0) is 52.3. The molecule has 0 heterocycles. The molecule has 0 fully saturated rings. The fraction of sp³-hybridized carbons (Fsp3) is 0.213. The highest BCUT2D eigenvalue weighted by Gasteiger charge is 2.50. The van der Waals surface area contributed by atoms with Crippen molar-refractivity contribution in [2.45, 2.75) is 43.0 Å². The van der Waals surface area contributed by atoms with Crippen LogP contribution in [0.5, 0.6) is 0 Å². The third kappa shape index (κ3) is 12.7. The molecule has 0 saturated heterocycles. The summed E-state index contributed by atoms with van der Waals surface area (Å²) < 4.78 is 270. The predicted octanol–water partition coefficient (Wildman–Crippen LogP) is 13.5. The van der Waals surface area contributed by atoms with Crippen molar-refractivity contribution >= 4 is 36.9 Å². The molecule has 70 heavy (non-hydrogen) atoms. The van der Waals surface area contributed by atoms with E-state index in [1.54, 1.807) is 0 Å². The number of halogens is 18. The molecule has 6 rings (SSSR count). The molecule has 0 radical (unpaired) electrons. The topological polar surface area (TPSA) is 27.7 Å². The fourth-order valence-corrected chi connectivity index (χ4v) is 10.4. The van der Waals surface area contributed by atoms with Gasteiger partial charge in [0.1, 0.15) is 5.57 Å². The Balaban J connectivity index is 0.000000395. The molecule has 1 aliphatic rings. The smallest absolute Gasteiger partial charge is 0.379 e. The summed E-state index contributed by atoms with van der Waals surface area (Å²) in [5, 5.41) is 0. The second-order valence-electron chi connectivity index (χ2n) is 15.5. The van der Waals surface area contributed by atoms with Crippen molar-refractivity contribution in [2.24, 2.45) is 0 Å². The van der Waals surface area contributed by atoms with Crippen LogP contribution in [0.3, 0.4) is 0 Å². The molecule has 0 aromatic heterocycles. The van der Waals surface area contributed by atoms with Gasteiger partial charge in [0.2, 0.25) is 0 Å². The van der Waals surface area contributed by atoms with Crippen LogP contribution in [0.4, 0.5) is 79.0 Å². The SMILES string of the molecule is C1=C[CH+]C(=C(c2ccccc2)c2ccccc2)C=C1.CO[Si](C[B-](c1cc(C(F)(F)F)cc(C(F)(F)F)c1)(c1cc(C(F)(F)F)cc(C(F)(F)F)c1)c1cc(C(F)(F)F)cc(C(F)(F)F)c1)(OC)OC. The first-order chi connectivity index (χ1) is 32.3. The lowest BCUT2D eigenvalue weighted by molar-refractivity contribution is -0.144. The van der Waals surface area contributed by atoms with Crippen LogP contribution in [0.25, 0.3) is 5.57 Å². The van der Waals surface area contributed by atoms with Crippen molar-refractivity contribution < 1.29 is 92.3 Å². The van der Waals surface area contributed by atoms with Crippen molar-refractivity contribution in [3.05, 3.63) is 196 Å². The molecule has 23 heteroatoms. The number of hydrogen-bond donors (Lipinski definition) is 0. The molecule has 0 bridgehead atoms. The molecule has 0 aliphatic heterocycles. The summed E-state index contributed by atoms with van der Waals surface area (Å²) in [6.07, 6.45) is -28.9. The van der Waals surface area contributed by atoms with Crippen LogP contribution < -0.4 is 16.4 Å². The lowest BCUT2D eigenvalue weighted by Crippen LogP contribution is -2.72. The molecule has 0 amide bonds. The summed E-state index contributed by atoms with van der Waals surface area (Å²) in [4.78, 5) is 0. The van der Waals surface area contributed by atoms with Gasteiger partial charge >= 0.3 is 45.9 Å². The molecule has 0 saturated carbocycles. The van der Waals surface area contributed by atoms with E-state index in [1.807, 2.05) is 0 Å². The maximum atomic E-state index is 14.1. The molecular formula is C47H35BF18O3Si. The Bertz CT molecular complexity index is 2370. The van der Waals surface area contributed by atoms with Crippen molar-refractivity contribution in [3.8, 4) is 0 Å². The molecule has 0 unspecified atom stereocenters. The predicted molar refractivity (Wildman–Crippen MR) is 227 cm³/mol. The minimum Gasteiger partial charge on any atom is -0.379 e. The minimum atomic E-state index is -5.79. The average Bonchev–Trinajstić information content (AvgIpc) is 3.29. The van der Waals surface area contributed by atoms with Gasteiger partial charge in [-0.2, -0.15) is 95.4 Å². The number of alkyl halides is 18. The molecule has 0 atom stereocenters. The standard InChI is InChI=1S/C28H20BF18O3Si.C19H15/c1-48-51(49-2,50-3)13-29(20-7-14(23(30,31)32)4-15(8-20)24(33,34)35,21-9-16(25(36,37)38)5-17(10-21)26(39,40)41)22-11-18(27(42,43)44)6-19(12-22)28(45,46)47;1-4-10-16(11-5-1)19(17-12-6-2-7-13-17)18-14-8-3-9-15-18/h4-12H,13H2,1-3H3;1-15H/q-1;+1. The van der Waals surface area contributed by atoms with Crippen molar-refractivity contribution in [3.63, 3.8) is 0 Å². The Morgan fingerprint density at radius 2 is 0.714 bits per heavy atom. The fourth-order valence-electron chi connectivity index (χ4n) is 7.91. The Labute approximate surface area is 389 Å². The monoisotopic (exact) mass is 1030 g/mol. The van der Waals surface area contributed by atoms with Crippen LogP contribution in [0.1, 0.15) is 44.5 Å². The van der Waals surface area contributed by atoms with Gasteiger partial charge in [0.25, 0.3) is 0 Å². The van der Waals surface area contributed by atoms with Gasteiger partial charge in [-0.15, -0.1) is 0 Å². The highest BCUT2D eigenvalue weighted by atomic mass is 28.4. The number of hydrogen-bond acceptors (Lipinski definition) is 3. The van der Waals surface area contributed by atoms with Gasteiger partial charge in [0, 0.05) is 63.2 Å². The molecule has 0 N–H and O–H groups in total. The van der Waals surface area contributed by atoms with Crippen LogP contribution in [0, 0.1) is 6.42 Å². The third-order valence-corrected chi connectivity index (χ3v) is 14.2. The number of allylic oxidation sites excluding steroid dienone is 5. The summed E-state index contributed by atoms with van der Waals surface area (Å²) in [7, 11) is -2.88. The van der Waals surface area contributed by atoms with E-state index in [4.69, 9.17) is 13.3 Å².